The van der Waals surface area contributed by atoms with Gasteiger partial charge in [0, 0.05) is 17.4 Å². The normalized spacial score (nSPS) is 11.1. The average molecular weight is 434 g/mol. The number of hydrogen-bond donors (Lipinski definition) is 2. The predicted molar refractivity (Wildman–Crippen MR) is 109 cm³/mol. The molecule has 0 saturated carbocycles. The van der Waals surface area contributed by atoms with Crippen molar-refractivity contribution in [1.29, 1.82) is 0 Å². The van der Waals surface area contributed by atoms with Gasteiger partial charge in [0.15, 0.2) is 0 Å². The molecule has 2 aromatic carbocycles. The lowest BCUT2D eigenvalue weighted by Crippen LogP contribution is -2.23. The van der Waals surface area contributed by atoms with Gasteiger partial charge in [-0.05, 0) is 61.0 Å². The Bertz CT molecular complexity index is 1150. The highest BCUT2D eigenvalue weighted by Gasteiger charge is 2.16. The van der Waals surface area contributed by atoms with Gasteiger partial charge in [0.1, 0.15) is 5.82 Å². The SMILES string of the molecule is Cc1cccnc1CNC(=O)c1ccc(NS(=O)(=O)c2ccc(F)c(Cl)c2)cc1. The topological polar surface area (TPSA) is 88.2 Å². The van der Waals surface area contributed by atoms with E-state index in [2.05, 4.69) is 15.0 Å². The maximum absolute atomic E-state index is 13.2. The number of anilines is 1. The molecular formula is C20H17ClFN3O3S. The van der Waals surface area contributed by atoms with Crippen molar-refractivity contribution in [2.24, 2.45) is 0 Å². The highest BCUT2D eigenvalue weighted by atomic mass is 35.5. The van der Waals surface area contributed by atoms with Crippen molar-refractivity contribution in [3.8, 4) is 0 Å². The second-order valence-electron chi connectivity index (χ2n) is 6.21. The van der Waals surface area contributed by atoms with Gasteiger partial charge in [-0.2, -0.15) is 0 Å². The molecule has 2 N–H and O–H groups in total. The highest BCUT2D eigenvalue weighted by Crippen LogP contribution is 2.22. The van der Waals surface area contributed by atoms with Gasteiger partial charge in [0.05, 0.1) is 22.2 Å². The van der Waals surface area contributed by atoms with Crippen molar-refractivity contribution in [2.75, 3.05) is 4.72 Å². The van der Waals surface area contributed by atoms with E-state index in [1.807, 2.05) is 19.1 Å². The van der Waals surface area contributed by atoms with Crippen molar-refractivity contribution >= 4 is 33.2 Å². The molecule has 0 radical (unpaired) electrons. The van der Waals surface area contributed by atoms with Crippen molar-refractivity contribution in [2.45, 2.75) is 18.4 Å². The largest absolute Gasteiger partial charge is 0.346 e. The zero-order valence-corrected chi connectivity index (χ0v) is 16.9. The zero-order chi connectivity index (χ0) is 21.0. The third-order valence-corrected chi connectivity index (χ3v) is 5.80. The molecule has 0 aliphatic carbocycles. The Hall–Kier alpha value is -2.97. The lowest BCUT2D eigenvalue weighted by atomic mass is 10.2. The quantitative estimate of drug-likeness (QED) is 0.616. The van der Waals surface area contributed by atoms with E-state index in [1.54, 1.807) is 6.20 Å². The van der Waals surface area contributed by atoms with Crippen LogP contribution in [0.1, 0.15) is 21.6 Å². The maximum Gasteiger partial charge on any atom is 0.261 e. The number of sulfonamides is 1. The van der Waals surface area contributed by atoms with E-state index in [-0.39, 0.29) is 28.1 Å². The number of hydrogen-bond acceptors (Lipinski definition) is 4. The van der Waals surface area contributed by atoms with E-state index in [0.29, 0.717) is 5.56 Å². The van der Waals surface area contributed by atoms with Gasteiger partial charge in [-0.3, -0.25) is 14.5 Å². The number of pyridine rings is 1. The number of rotatable bonds is 6. The molecule has 0 aliphatic rings. The molecule has 0 unspecified atom stereocenters. The molecular weight excluding hydrogens is 417 g/mol. The summed E-state index contributed by atoms with van der Waals surface area (Å²) in [6, 6.07) is 12.8. The molecule has 150 valence electrons. The first-order chi connectivity index (χ1) is 13.8. The number of nitrogens with zero attached hydrogens (tertiary/aromatic N) is 1. The molecule has 0 fully saturated rings. The predicted octanol–water partition coefficient (Wildman–Crippen LogP) is 3.91. The smallest absolute Gasteiger partial charge is 0.261 e. The van der Waals surface area contributed by atoms with Crippen LogP contribution in [0.3, 0.4) is 0 Å². The Kier molecular flexibility index (Phi) is 6.14. The second kappa shape index (κ2) is 8.59. The van der Waals surface area contributed by atoms with Crippen LogP contribution in [0.25, 0.3) is 0 Å². The number of halogens is 2. The van der Waals surface area contributed by atoms with E-state index in [9.17, 15) is 17.6 Å². The molecule has 0 bridgehead atoms. The first kappa shape index (κ1) is 20.8. The van der Waals surface area contributed by atoms with Gasteiger partial charge >= 0.3 is 0 Å². The average Bonchev–Trinajstić information content (AvgIpc) is 2.69. The lowest BCUT2D eigenvalue weighted by Gasteiger charge is -2.10. The highest BCUT2D eigenvalue weighted by molar-refractivity contribution is 7.92. The summed E-state index contributed by atoms with van der Waals surface area (Å²) in [5.41, 5.74) is 2.36. The monoisotopic (exact) mass is 433 g/mol. The summed E-state index contributed by atoms with van der Waals surface area (Å²) >= 11 is 5.65. The first-order valence-electron chi connectivity index (χ1n) is 8.53. The Morgan fingerprint density at radius 2 is 1.86 bits per heavy atom. The number of nitrogens with one attached hydrogen (secondary N) is 2. The van der Waals surface area contributed by atoms with Crippen LogP contribution in [-0.4, -0.2) is 19.3 Å². The Balaban J connectivity index is 1.67. The van der Waals surface area contributed by atoms with Crippen LogP contribution < -0.4 is 10.0 Å². The number of aromatic nitrogens is 1. The molecule has 1 amide bonds. The minimum Gasteiger partial charge on any atom is -0.346 e. The molecule has 29 heavy (non-hydrogen) atoms. The van der Waals surface area contributed by atoms with Crippen LogP contribution in [0.4, 0.5) is 10.1 Å². The van der Waals surface area contributed by atoms with Crippen LogP contribution in [0.15, 0.2) is 65.7 Å². The minimum absolute atomic E-state index is 0.170. The van der Waals surface area contributed by atoms with E-state index in [1.165, 1.54) is 24.3 Å². The van der Waals surface area contributed by atoms with Gasteiger partial charge < -0.3 is 5.32 Å². The van der Waals surface area contributed by atoms with Crippen molar-refractivity contribution in [3.05, 3.63) is 88.5 Å². The number of benzene rings is 2. The second-order valence-corrected chi connectivity index (χ2v) is 8.30. The van der Waals surface area contributed by atoms with E-state index in [4.69, 9.17) is 11.6 Å². The summed E-state index contributed by atoms with van der Waals surface area (Å²) in [6.45, 7) is 2.19. The van der Waals surface area contributed by atoms with Crippen LogP contribution >= 0.6 is 11.6 Å². The number of amides is 1. The molecule has 1 heterocycles. The molecule has 3 rings (SSSR count). The van der Waals surface area contributed by atoms with Crippen molar-refractivity contribution in [1.82, 2.24) is 10.3 Å². The standard InChI is InChI=1S/C20H17ClFN3O3S/c1-13-3-2-10-23-19(13)12-24-20(26)14-4-6-15(7-5-14)25-29(27,28)16-8-9-18(22)17(21)11-16/h2-11,25H,12H2,1H3,(H,24,26). The summed E-state index contributed by atoms with van der Waals surface area (Å²) in [5.74, 6) is -1.02. The number of aryl methyl sites for hydroxylation is 1. The van der Waals surface area contributed by atoms with Gasteiger partial charge in [0.2, 0.25) is 0 Å². The third-order valence-electron chi connectivity index (χ3n) is 4.13. The van der Waals surface area contributed by atoms with Gasteiger partial charge in [-0.25, -0.2) is 12.8 Å². The first-order valence-corrected chi connectivity index (χ1v) is 10.4. The molecule has 0 atom stereocenters. The maximum atomic E-state index is 13.2. The number of carbonyl (C=O) groups excluding carboxylic acids is 1. The van der Waals surface area contributed by atoms with E-state index < -0.39 is 15.8 Å². The van der Waals surface area contributed by atoms with E-state index in [0.717, 1.165) is 29.5 Å². The van der Waals surface area contributed by atoms with Gasteiger partial charge in [-0.15, -0.1) is 0 Å². The lowest BCUT2D eigenvalue weighted by molar-refractivity contribution is 0.0950. The van der Waals surface area contributed by atoms with Crippen LogP contribution in [0.2, 0.25) is 5.02 Å². The summed E-state index contributed by atoms with van der Waals surface area (Å²) in [7, 11) is -3.95. The Labute approximate surface area is 172 Å². The van der Waals surface area contributed by atoms with Crippen molar-refractivity contribution in [3.63, 3.8) is 0 Å². The molecule has 0 aliphatic heterocycles. The summed E-state index contributed by atoms with van der Waals surface area (Å²) in [6.07, 6.45) is 1.66. The minimum atomic E-state index is -3.95. The molecule has 1 aromatic heterocycles. The number of carbonyl (C=O) groups is 1. The van der Waals surface area contributed by atoms with Gasteiger partial charge in [-0.1, -0.05) is 17.7 Å². The molecule has 0 spiro atoms. The summed E-state index contributed by atoms with van der Waals surface area (Å²) in [5, 5.41) is 2.48. The fraction of sp³-hybridized carbons (Fsp3) is 0.100. The Morgan fingerprint density at radius 3 is 2.52 bits per heavy atom. The molecule has 9 heteroatoms. The zero-order valence-electron chi connectivity index (χ0n) is 15.3. The van der Waals surface area contributed by atoms with Crippen molar-refractivity contribution < 1.29 is 17.6 Å². The molecule has 6 nitrogen and oxygen atoms in total. The summed E-state index contributed by atoms with van der Waals surface area (Å²) in [4.78, 5) is 16.3. The van der Waals surface area contributed by atoms with E-state index >= 15 is 0 Å². The van der Waals surface area contributed by atoms with Gasteiger partial charge in [0.25, 0.3) is 15.9 Å². The molecule has 0 saturated heterocycles. The van der Waals surface area contributed by atoms with Crippen LogP contribution in [0.5, 0.6) is 0 Å². The Morgan fingerprint density at radius 1 is 1.14 bits per heavy atom. The summed E-state index contributed by atoms with van der Waals surface area (Å²) < 4.78 is 40.4. The van der Waals surface area contributed by atoms with Crippen LogP contribution in [0, 0.1) is 12.7 Å². The molecule has 3 aromatic rings. The fourth-order valence-electron chi connectivity index (χ4n) is 2.52. The fourth-order valence-corrected chi connectivity index (χ4v) is 3.85. The van der Waals surface area contributed by atoms with Crippen LogP contribution in [-0.2, 0) is 16.6 Å². The third kappa shape index (κ3) is 5.10.